The minimum Gasteiger partial charge on any atom is -0.494 e. The number of hydrogen-bond donors (Lipinski definition) is 2. The number of primary amides is 1. The molecule has 3 aromatic rings. The Morgan fingerprint density at radius 2 is 1.97 bits per heavy atom. The van der Waals surface area contributed by atoms with Crippen LogP contribution in [0.3, 0.4) is 0 Å². The highest BCUT2D eigenvalue weighted by atomic mass is 32.1. The number of nitrogens with zero attached hydrogens (tertiary/aromatic N) is 3. The smallest absolute Gasteiger partial charge is 0.267 e. The maximum Gasteiger partial charge on any atom is 0.267 e. The SMILES string of the molecule is CCOc1ccc(-c2ccc(=O)n(C(C)C(=O)Nc3nc(CC(N)=O)cs3)n2)cc1. The van der Waals surface area contributed by atoms with Crippen LogP contribution in [-0.4, -0.2) is 33.2 Å². The highest BCUT2D eigenvalue weighted by molar-refractivity contribution is 7.13. The summed E-state index contributed by atoms with van der Waals surface area (Å²) in [6.45, 7) is 4.05. The monoisotopic (exact) mass is 427 g/mol. The van der Waals surface area contributed by atoms with Crippen LogP contribution in [0.25, 0.3) is 11.3 Å². The number of carbonyl (C=O) groups excluding carboxylic acids is 2. The second-order valence-electron chi connectivity index (χ2n) is 6.41. The van der Waals surface area contributed by atoms with E-state index in [2.05, 4.69) is 15.4 Å². The summed E-state index contributed by atoms with van der Waals surface area (Å²) < 4.78 is 6.55. The Morgan fingerprint density at radius 1 is 1.23 bits per heavy atom. The van der Waals surface area contributed by atoms with E-state index < -0.39 is 23.4 Å². The second kappa shape index (κ2) is 9.31. The van der Waals surface area contributed by atoms with Gasteiger partial charge >= 0.3 is 0 Å². The predicted molar refractivity (Wildman–Crippen MR) is 113 cm³/mol. The Labute approximate surface area is 176 Å². The summed E-state index contributed by atoms with van der Waals surface area (Å²) in [5, 5.41) is 8.95. The van der Waals surface area contributed by atoms with E-state index in [1.54, 1.807) is 18.4 Å². The zero-order chi connectivity index (χ0) is 21.7. The summed E-state index contributed by atoms with van der Waals surface area (Å²) in [5.74, 6) is -0.219. The molecule has 0 aliphatic heterocycles. The molecule has 0 radical (unpaired) electrons. The van der Waals surface area contributed by atoms with Gasteiger partial charge in [0.05, 0.1) is 24.4 Å². The average Bonchev–Trinajstić information content (AvgIpc) is 3.14. The first kappa shape index (κ1) is 21.2. The minimum absolute atomic E-state index is 0.00688. The standard InChI is InChI=1S/C20H21N5O4S/c1-3-29-15-6-4-13(5-7-15)16-8-9-18(27)25(24-16)12(2)19(28)23-20-22-14(11-30-20)10-17(21)26/h4-9,11-12H,3,10H2,1-2H3,(H2,21,26)(H,22,23,28). The van der Waals surface area contributed by atoms with Gasteiger partial charge in [-0.3, -0.25) is 14.4 Å². The molecule has 10 heteroatoms. The number of nitrogens with two attached hydrogens (primary N) is 1. The Hall–Kier alpha value is -3.53. The summed E-state index contributed by atoms with van der Waals surface area (Å²) in [6.07, 6.45) is -0.00688. The van der Waals surface area contributed by atoms with Crippen LogP contribution in [0.1, 0.15) is 25.6 Å². The van der Waals surface area contributed by atoms with Crippen LogP contribution in [0.5, 0.6) is 5.75 Å². The van der Waals surface area contributed by atoms with Crippen molar-refractivity contribution in [2.75, 3.05) is 11.9 Å². The van der Waals surface area contributed by atoms with Crippen LogP contribution < -0.4 is 21.3 Å². The van der Waals surface area contributed by atoms with E-state index in [9.17, 15) is 14.4 Å². The molecule has 0 aliphatic carbocycles. The van der Waals surface area contributed by atoms with Gasteiger partial charge in [0, 0.05) is 17.0 Å². The zero-order valence-electron chi connectivity index (χ0n) is 16.5. The number of hydrogen-bond acceptors (Lipinski definition) is 7. The van der Waals surface area contributed by atoms with Crippen LogP contribution in [0.4, 0.5) is 5.13 Å². The van der Waals surface area contributed by atoms with Gasteiger partial charge in [0.1, 0.15) is 11.8 Å². The van der Waals surface area contributed by atoms with Crippen molar-refractivity contribution in [3.8, 4) is 17.0 Å². The van der Waals surface area contributed by atoms with E-state index in [1.807, 2.05) is 31.2 Å². The predicted octanol–water partition coefficient (Wildman–Crippen LogP) is 1.99. The van der Waals surface area contributed by atoms with Crippen LogP contribution >= 0.6 is 11.3 Å². The van der Waals surface area contributed by atoms with Crippen LogP contribution in [0, 0.1) is 0 Å². The molecule has 0 spiro atoms. The minimum atomic E-state index is -0.872. The fraction of sp³-hybridized carbons (Fsp3) is 0.250. The number of rotatable bonds is 8. The van der Waals surface area contributed by atoms with Crippen LogP contribution in [-0.2, 0) is 16.0 Å². The maximum atomic E-state index is 12.6. The summed E-state index contributed by atoms with van der Waals surface area (Å²) in [5.41, 5.74) is 6.56. The second-order valence-corrected chi connectivity index (χ2v) is 7.27. The number of nitrogens with one attached hydrogen (secondary N) is 1. The number of aromatic nitrogens is 3. The van der Waals surface area contributed by atoms with E-state index in [4.69, 9.17) is 10.5 Å². The quantitative estimate of drug-likeness (QED) is 0.566. The largest absolute Gasteiger partial charge is 0.494 e. The highest BCUT2D eigenvalue weighted by Gasteiger charge is 2.19. The Kier molecular flexibility index (Phi) is 6.58. The van der Waals surface area contributed by atoms with Crippen molar-refractivity contribution in [2.45, 2.75) is 26.3 Å². The van der Waals surface area contributed by atoms with Gasteiger partial charge < -0.3 is 15.8 Å². The molecule has 9 nitrogen and oxygen atoms in total. The Morgan fingerprint density at radius 3 is 2.63 bits per heavy atom. The molecule has 0 fully saturated rings. The Balaban J connectivity index is 1.78. The molecule has 2 heterocycles. The Bertz CT molecular complexity index is 1110. The van der Waals surface area contributed by atoms with E-state index in [0.717, 1.165) is 16.0 Å². The fourth-order valence-corrected chi connectivity index (χ4v) is 3.40. The van der Waals surface area contributed by atoms with E-state index in [-0.39, 0.29) is 6.42 Å². The number of amides is 2. The lowest BCUT2D eigenvalue weighted by atomic mass is 10.1. The lowest BCUT2D eigenvalue weighted by Crippen LogP contribution is -2.33. The van der Waals surface area contributed by atoms with Crippen LogP contribution in [0.2, 0.25) is 0 Å². The van der Waals surface area contributed by atoms with Crippen molar-refractivity contribution in [1.82, 2.24) is 14.8 Å². The van der Waals surface area contributed by atoms with Gasteiger partial charge in [0.2, 0.25) is 5.91 Å². The van der Waals surface area contributed by atoms with Gasteiger partial charge in [-0.2, -0.15) is 5.10 Å². The molecule has 0 saturated heterocycles. The molecule has 3 N–H and O–H groups in total. The van der Waals surface area contributed by atoms with Crippen molar-refractivity contribution < 1.29 is 14.3 Å². The molecule has 1 aromatic carbocycles. The molecule has 0 aliphatic rings. The van der Waals surface area contributed by atoms with Gasteiger partial charge in [-0.15, -0.1) is 11.3 Å². The van der Waals surface area contributed by atoms with Gasteiger partial charge in [-0.05, 0) is 44.2 Å². The molecule has 0 bridgehead atoms. The first-order valence-electron chi connectivity index (χ1n) is 9.24. The molecule has 3 rings (SSSR count). The number of carbonyl (C=O) groups is 2. The number of anilines is 1. The molecule has 30 heavy (non-hydrogen) atoms. The van der Waals surface area contributed by atoms with Gasteiger partial charge in [0.25, 0.3) is 11.5 Å². The molecule has 1 unspecified atom stereocenters. The number of thiazole rings is 1. The van der Waals surface area contributed by atoms with Crippen LogP contribution in [0.15, 0.2) is 46.6 Å². The third-order valence-corrected chi connectivity index (χ3v) is 4.98. The molecule has 2 amide bonds. The summed E-state index contributed by atoms with van der Waals surface area (Å²) >= 11 is 1.17. The lowest BCUT2D eigenvalue weighted by Gasteiger charge is -2.14. The topological polar surface area (TPSA) is 129 Å². The molecule has 1 atom stereocenters. The van der Waals surface area contributed by atoms with Gasteiger partial charge in [-0.1, -0.05) is 0 Å². The van der Waals surface area contributed by atoms with E-state index in [0.29, 0.717) is 23.1 Å². The average molecular weight is 427 g/mol. The maximum absolute atomic E-state index is 12.6. The van der Waals surface area contributed by atoms with Gasteiger partial charge in [-0.25, -0.2) is 9.67 Å². The van der Waals surface area contributed by atoms with Crippen molar-refractivity contribution in [3.05, 3.63) is 57.8 Å². The van der Waals surface area contributed by atoms with E-state index >= 15 is 0 Å². The third-order valence-electron chi connectivity index (χ3n) is 4.17. The molecule has 2 aromatic heterocycles. The normalized spacial score (nSPS) is 11.7. The first-order valence-corrected chi connectivity index (χ1v) is 10.1. The van der Waals surface area contributed by atoms with Crippen molar-refractivity contribution in [2.24, 2.45) is 5.73 Å². The molecule has 156 valence electrons. The summed E-state index contributed by atoms with van der Waals surface area (Å²) in [7, 11) is 0. The van der Waals surface area contributed by atoms with Crippen molar-refractivity contribution >= 4 is 28.3 Å². The zero-order valence-corrected chi connectivity index (χ0v) is 17.3. The number of ether oxygens (including phenoxy) is 1. The molecular formula is C20H21N5O4S. The number of benzene rings is 1. The van der Waals surface area contributed by atoms with Gasteiger partial charge in [0.15, 0.2) is 5.13 Å². The van der Waals surface area contributed by atoms with Crippen molar-refractivity contribution in [3.63, 3.8) is 0 Å². The van der Waals surface area contributed by atoms with Crippen molar-refractivity contribution in [1.29, 1.82) is 0 Å². The summed E-state index contributed by atoms with van der Waals surface area (Å²) in [6, 6.07) is 9.41. The lowest BCUT2D eigenvalue weighted by molar-refractivity contribution is -0.119. The molecule has 0 saturated carbocycles. The molecular weight excluding hydrogens is 406 g/mol. The highest BCUT2D eigenvalue weighted by Crippen LogP contribution is 2.21. The fourth-order valence-electron chi connectivity index (χ4n) is 2.69. The van der Waals surface area contributed by atoms with E-state index in [1.165, 1.54) is 17.4 Å². The summed E-state index contributed by atoms with van der Waals surface area (Å²) in [4.78, 5) is 40.0. The first-order chi connectivity index (χ1) is 14.4. The third kappa shape index (κ3) is 5.09.